The van der Waals surface area contributed by atoms with Gasteiger partial charge in [-0.1, -0.05) is 35.7 Å². The highest BCUT2D eigenvalue weighted by Gasteiger charge is 2.42. The van der Waals surface area contributed by atoms with Gasteiger partial charge >= 0.3 is 5.97 Å². The molecule has 2 heterocycles. The zero-order chi connectivity index (χ0) is 16.1. The van der Waals surface area contributed by atoms with Gasteiger partial charge in [-0.15, -0.1) is 11.3 Å². The van der Waals surface area contributed by atoms with E-state index in [9.17, 15) is 4.79 Å². The number of aryl methyl sites for hydroxylation is 1. The summed E-state index contributed by atoms with van der Waals surface area (Å²) in [5.74, 6) is -0.0514. The molecule has 1 saturated carbocycles. The van der Waals surface area contributed by atoms with E-state index in [2.05, 4.69) is 35.4 Å². The van der Waals surface area contributed by atoms with E-state index < -0.39 is 5.97 Å². The van der Waals surface area contributed by atoms with E-state index >= 15 is 0 Å². The van der Waals surface area contributed by atoms with Crippen molar-refractivity contribution in [2.45, 2.75) is 38.1 Å². The lowest BCUT2D eigenvalue weighted by Gasteiger charge is -2.37. The molecule has 1 aromatic carbocycles. The van der Waals surface area contributed by atoms with E-state index in [1.165, 1.54) is 35.3 Å². The van der Waals surface area contributed by atoms with Crippen molar-refractivity contribution in [3.63, 3.8) is 0 Å². The van der Waals surface area contributed by atoms with Crippen molar-refractivity contribution in [3.8, 4) is 0 Å². The zero-order valence-electron chi connectivity index (χ0n) is 12.7. The summed E-state index contributed by atoms with van der Waals surface area (Å²) in [5, 5.41) is 13.2. The van der Waals surface area contributed by atoms with Gasteiger partial charge in [0.05, 0.1) is 10.9 Å². The highest BCUT2D eigenvalue weighted by molar-refractivity contribution is 7.14. The normalized spacial score (nSPS) is 25.6. The number of rotatable bonds is 2. The molecule has 1 aromatic heterocycles. The van der Waals surface area contributed by atoms with Crippen molar-refractivity contribution in [2.75, 3.05) is 5.32 Å². The first kappa shape index (κ1) is 15.0. The van der Waals surface area contributed by atoms with Gasteiger partial charge in [0.15, 0.2) is 0 Å². The Balaban J connectivity index is 1.78. The van der Waals surface area contributed by atoms with Crippen LogP contribution in [0.5, 0.6) is 0 Å². The van der Waals surface area contributed by atoms with Crippen LogP contribution in [-0.4, -0.2) is 16.1 Å². The van der Waals surface area contributed by atoms with Crippen LogP contribution >= 0.6 is 22.9 Å². The monoisotopic (exact) mass is 348 g/mol. The topological polar surface area (TPSA) is 62.2 Å². The van der Waals surface area contributed by atoms with E-state index in [0.717, 1.165) is 17.0 Å². The Hall–Kier alpha value is -1.59. The number of carboxylic acid groups (broad SMARTS) is 1. The number of aromatic nitrogens is 1. The molecule has 0 bridgehead atoms. The van der Waals surface area contributed by atoms with Gasteiger partial charge in [0, 0.05) is 5.69 Å². The number of halogens is 1. The van der Waals surface area contributed by atoms with Gasteiger partial charge in [-0.25, -0.2) is 9.78 Å². The summed E-state index contributed by atoms with van der Waals surface area (Å²) < 4.78 is 0. The third-order valence-electron chi connectivity index (χ3n) is 4.99. The Morgan fingerprint density at radius 3 is 3.00 bits per heavy atom. The molecular weight excluding hydrogens is 332 g/mol. The quantitative estimate of drug-likeness (QED) is 0.814. The van der Waals surface area contributed by atoms with Crippen molar-refractivity contribution in [1.29, 1.82) is 0 Å². The zero-order valence-corrected chi connectivity index (χ0v) is 14.2. The van der Waals surface area contributed by atoms with E-state index in [1.54, 1.807) is 0 Å². The molecule has 4 nitrogen and oxygen atoms in total. The molecule has 23 heavy (non-hydrogen) atoms. The average molecular weight is 349 g/mol. The maximum absolute atomic E-state index is 11.2. The van der Waals surface area contributed by atoms with Crippen LogP contribution in [0.15, 0.2) is 18.2 Å². The largest absolute Gasteiger partial charge is 0.476 e. The first-order chi connectivity index (χ1) is 11.0. The molecule has 120 valence electrons. The van der Waals surface area contributed by atoms with Gasteiger partial charge in [-0.05, 0) is 43.2 Å². The number of carboxylic acids is 1. The standard InChI is InChI=1S/C17H17ClN2O2S/c1-8-5-6-12-11(7-8)9-3-2-4-10(9)13(19-12)14-15(18)20-16(23-14)17(21)22/h5-7,9-10,13,19H,2-4H2,1H3,(H,21,22)/t9-,10+,13-/m1/s1. The predicted molar refractivity (Wildman–Crippen MR) is 91.7 cm³/mol. The van der Waals surface area contributed by atoms with Crippen molar-refractivity contribution >= 4 is 34.6 Å². The number of thiazole rings is 1. The van der Waals surface area contributed by atoms with E-state index in [-0.39, 0.29) is 11.0 Å². The highest BCUT2D eigenvalue weighted by Crippen LogP contribution is 2.54. The fourth-order valence-corrected chi connectivity index (χ4v) is 5.32. The Labute approximate surface area is 143 Å². The molecule has 3 atom stereocenters. The Kier molecular flexibility index (Phi) is 3.58. The molecule has 2 aromatic rings. The molecule has 6 heteroatoms. The summed E-state index contributed by atoms with van der Waals surface area (Å²) in [6.07, 6.45) is 3.51. The van der Waals surface area contributed by atoms with E-state index in [4.69, 9.17) is 16.7 Å². The second-order valence-corrected chi connectivity index (χ2v) is 7.78. The molecule has 2 aliphatic rings. The van der Waals surface area contributed by atoms with Crippen LogP contribution in [0.1, 0.15) is 57.0 Å². The molecule has 0 amide bonds. The summed E-state index contributed by atoms with van der Waals surface area (Å²) in [5.41, 5.74) is 3.81. The molecule has 0 unspecified atom stereocenters. The molecule has 2 N–H and O–H groups in total. The molecule has 1 fully saturated rings. The smallest absolute Gasteiger partial charge is 0.365 e. The summed E-state index contributed by atoms with van der Waals surface area (Å²) in [4.78, 5) is 16.0. The van der Waals surface area contributed by atoms with Crippen molar-refractivity contribution in [3.05, 3.63) is 44.4 Å². The number of hydrogen-bond acceptors (Lipinski definition) is 4. The minimum Gasteiger partial charge on any atom is -0.476 e. The highest BCUT2D eigenvalue weighted by atomic mass is 35.5. The maximum atomic E-state index is 11.2. The van der Waals surface area contributed by atoms with Crippen LogP contribution in [0.3, 0.4) is 0 Å². The fourth-order valence-electron chi connectivity index (χ4n) is 4.03. The molecule has 1 aliphatic carbocycles. The molecular formula is C17H17ClN2O2S. The van der Waals surface area contributed by atoms with Crippen LogP contribution in [0.2, 0.25) is 5.15 Å². The van der Waals surface area contributed by atoms with Gasteiger partial charge in [-0.3, -0.25) is 0 Å². The second kappa shape index (κ2) is 5.49. The molecule has 4 rings (SSSR count). The summed E-state index contributed by atoms with van der Waals surface area (Å²) >= 11 is 7.46. The van der Waals surface area contributed by atoms with Gasteiger partial charge < -0.3 is 10.4 Å². The summed E-state index contributed by atoms with van der Waals surface area (Å²) in [6, 6.07) is 6.56. The number of benzene rings is 1. The molecule has 0 radical (unpaired) electrons. The Morgan fingerprint density at radius 2 is 2.26 bits per heavy atom. The Morgan fingerprint density at radius 1 is 1.43 bits per heavy atom. The van der Waals surface area contributed by atoms with Gasteiger partial charge in [0.25, 0.3) is 0 Å². The fraction of sp³-hybridized carbons (Fsp3) is 0.412. The van der Waals surface area contributed by atoms with E-state index in [1.807, 2.05) is 0 Å². The lowest BCUT2D eigenvalue weighted by molar-refractivity contribution is 0.0696. The number of fused-ring (bicyclic) bond motifs is 3. The van der Waals surface area contributed by atoms with Crippen LogP contribution in [-0.2, 0) is 0 Å². The van der Waals surface area contributed by atoms with Crippen LogP contribution < -0.4 is 5.32 Å². The molecule has 0 saturated heterocycles. The van der Waals surface area contributed by atoms with E-state index in [0.29, 0.717) is 17.0 Å². The molecule has 1 aliphatic heterocycles. The van der Waals surface area contributed by atoms with Crippen LogP contribution in [0, 0.1) is 12.8 Å². The SMILES string of the molecule is Cc1ccc2c(c1)[C@@H]1CCC[C@@H]1[C@H](c1sc(C(=O)O)nc1Cl)N2. The number of carbonyl (C=O) groups is 1. The maximum Gasteiger partial charge on any atom is 0.365 e. The first-order valence-corrected chi connectivity index (χ1v) is 9.00. The summed E-state index contributed by atoms with van der Waals surface area (Å²) in [6.45, 7) is 2.12. The number of nitrogens with zero attached hydrogens (tertiary/aromatic N) is 1. The molecule has 0 spiro atoms. The Bertz CT molecular complexity index is 789. The summed E-state index contributed by atoms with van der Waals surface area (Å²) in [7, 11) is 0. The van der Waals surface area contributed by atoms with Gasteiger partial charge in [-0.2, -0.15) is 0 Å². The lowest BCUT2D eigenvalue weighted by Crippen LogP contribution is -2.28. The van der Waals surface area contributed by atoms with Gasteiger partial charge in [0.2, 0.25) is 5.01 Å². The third kappa shape index (κ3) is 2.42. The number of nitrogens with one attached hydrogen (secondary N) is 1. The van der Waals surface area contributed by atoms with Crippen molar-refractivity contribution in [2.24, 2.45) is 5.92 Å². The van der Waals surface area contributed by atoms with Crippen LogP contribution in [0.4, 0.5) is 5.69 Å². The minimum absolute atomic E-state index is 0.0517. The van der Waals surface area contributed by atoms with Gasteiger partial charge in [0.1, 0.15) is 5.15 Å². The second-order valence-electron chi connectivity index (χ2n) is 6.39. The first-order valence-electron chi connectivity index (χ1n) is 7.81. The van der Waals surface area contributed by atoms with Crippen LogP contribution in [0.25, 0.3) is 0 Å². The lowest BCUT2D eigenvalue weighted by atomic mass is 9.79. The van der Waals surface area contributed by atoms with Crippen molar-refractivity contribution in [1.82, 2.24) is 4.98 Å². The third-order valence-corrected chi connectivity index (χ3v) is 6.52. The number of anilines is 1. The average Bonchev–Trinajstić information content (AvgIpc) is 3.13. The predicted octanol–water partition coefficient (Wildman–Crippen LogP) is 4.85. The number of hydrogen-bond donors (Lipinski definition) is 2. The minimum atomic E-state index is -1.02. The number of aromatic carboxylic acids is 1. The van der Waals surface area contributed by atoms with Crippen molar-refractivity contribution < 1.29 is 9.90 Å².